The molecule has 1 aromatic heterocycles. The number of carbonyl (C=O) groups excluding carboxylic acids is 1. The molecule has 5 nitrogen and oxygen atoms in total. The van der Waals surface area contributed by atoms with Gasteiger partial charge in [-0.15, -0.1) is 0 Å². The van der Waals surface area contributed by atoms with Crippen LogP contribution in [0.3, 0.4) is 0 Å². The number of nitrogens with zero attached hydrogens (tertiary/aromatic N) is 3. The zero-order valence-corrected chi connectivity index (χ0v) is 16.8. The molecule has 2 aromatic rings. The highest BCUT2D eigenvalue weighted by Gasteiger charge is 2.30. The third kappa shape index (κ3) is 4.14. The third-order valence-electron chi connectivity index (χ3n) is 5.48. The Balaban J connectivity index is 1.82. The molecule has 0 saturated carbocycles. The molecule has 1 amide bonds. The summed E-state index contributed by atoms with van der Waals surface area (Å²) < 4.78 is 0. The van der Waals surface area contributed by atoms with E-state index in [2.05, 4.69) is 30.7 Å². The summed E-state index contributed by atoms with van der Waals surface area (Å²) in [5, 5.41) is 0. The fourth-order valence-corrected chi connectivity index (χ4v) is 3.99. The minimum absolute atomic E-state index is 0.111. The Morgan fingerprint density at radius 3 is 2.70 bits per heavy atom. The Morgan fingerprint density at radius 1 is 1.26 bits per heavy atom. The Bertz CT molecular complexity index is 818. The van der Waals surface area contributed by atoms with Crippen LogP contribution in [-0.4, -0.2) is 52.4 Å². The highest BCUT2D eigenvalue weighted by molar-refractivity contribution is 5.95. The number of carbonyl (C=O) groups is 1. The molecule has 144 valence electrons. The van der Waals surface area contributed by atoms with Gasteiger partial charge in [-0.3, -0.25) is 9.69 Å². The normalized spacial score (nSPS) is 18.1. The largest absolute Gasteiger partial charge is 0.384 e. The number of hydrogen-bond donors (Lipinski definition) is 1. The van der Waals surface area contributed by atoms with Crippen LogP contribution in [0.4, 0.5) is 5.82 Å². The highest BCUT2D eigenvalue weighted by Crippen LogP contribution is 2.25. The van der Waals surface area contributed by atoms with Gasteiger partial charge in [0, 0.05) is 48.5 Å². The SMILES string of the molecule is CC[C@@H]1CN(C(=O)c2cccc(-c3ccc(N)nc3C)c2)CCN1C(C)C. The number of rotatable bonds is 4. The quantitative estimate of drug-likeness (QED) is 0.898. The third-order valence-corrected chi connectivity index (χ3v) is 5.48. The van der Waals surface area contributed by atoms with E-state index < -0.39 is 0 Å². The van der Waals surface area contributed by atoms with Crippen LogP contribution in [0, 0.1) is 6.92 Å². The molecule has 1 saturated heterocycles. The van der Waals surface area contributed by atoms with Crippen molar-refractivity contribution < 1.29 is 4.79 Å². The van der Waals surface area contributed by atoms with Crippen molar-refractivity contribution in [2.45, 2.75) is 46.2 Å². The predicted octanol–water partition coefficient (Wildman–Crippen LogP) is 3.58. The molecule has 2 N–H and O–H groups in total. The number of hydrogen-bond acceptors (Lipinski definition) is 4. The van der Waals surface area contributed by atoms with Crippen molar-refractivity contribution in [2.24, 2.45) is 0 Å². The summed E-state index contributed by atoms with van der Waals surface area (Å²) in [5.41, 5.74) is 9.38. The number of amides is 1. The monoisotopic (exact) mass is 366 g/mol. The Kier molecular flexibility index (Phi) is 5.80. The van der Waals surface area contributed by atoms with Crippen LogP contribution in [0.2, 0.25) is 0 Å². The van der Waals surface area contributed by atoms with Gasteiger partial charge in [0.25, 0.3) is 5.91 Å². The fraction of sp³-hybridized carbons (Fsp3) is 0.455. The van der Waals surface area contributed by atoms with Crippen LogP contribution in [-0.2, 0) is 0 Å². The lowest BCUT2D eigenvalue weighted by atomic mass is 10.0. The number of piperazine rings is 1. The molecule has 0 spiro atoms. The van der Waals surface area contributed by atoms with Crippen LogP contribution in [0.15, 0.2) is 36.4 Å². The van der Waals surface area contributed by atoms with Gasteiger partial charge in [-0.25, -0.2) is 4.98 Å². The minimum Gasteiger partial charge on any atom is -0.384 e. The van der Waals surface area contributed by atoms with Gasteiger partial charge in [-0.1, -0.05) is 19.1 Å². The van der Waals surface area contributed by atoms with Crippen LogP contribution < -0.4 is 5.73 Å². The van der Waals surface area contributed by atoms with E-state index in [4.69, 9.17) is 5.73 Å². The van der Waals surface area contributed by atoms with Gasteiger partial charge >= 0.3 is 0 Å². The Morgan fingerprint density at radius 2 is 2.04 bits per heavy atom. The molecule has 0 unspecified atom stereocenters. The van der Waals surface area contributed by atoms with E-state index in [1.807, 2.05) is 42.2 Å². The predicted molar refractivity (Wildman–Crippen MR) is 111 cm³/mol. The molecule has 1 aliphatic heterocycles. The van der Waals surface area contributed by atoms with Gasteiger partial charge in [0.1, 0.15) is 5.82 Å². The molecule has 1 aliphatic rings. The first-order valence-electron chi connectivity index (χ1n) is 9.79. The molecular formula is C22H30N4O. The van der Waals surface area contributed by atoms with E-state index in [1.54, 1.807) is 6.07 Å². The topological polar surface area (TPSA) is 62.5 Å². The van der Waals surface area contributed by atoms with Crippen LogP contribution >= 0.6 is 0 Å². The summed E-state index contributed by atoms with van der Waals surface area (Å²) >= 11 is 0. The maximum absolute atomic E-state index is 13.1. The van der Waals surface area contributed by atoms with Crippen molar-refractivity contribution >= 4 is 11.7 Å². The minimum atomic E-state index is 0.111. The van der Waals surface area contributed by atoms with Gasteiger partial charge in [0.15, 0.2) is 0 Å². The highest BCUT2D eigenvalue weighted by atomic mass is 16.2. The Hall–Kier alpha value is -2.40. The molecular weight excluding hydrogens is 336 g/mol. The zero-order chi connectivity index (χ0) is 19.6. The number of anilines is 1. The molecule has 1 atom stereocenters. The lowest BCUT2D eigenvalue weighted by Crippen LogP contribution is -2.56. The maximum Gasteiger partial charge on any atom is 0.253 e. The van der Waals surface area contributed by atoms with Crippen molar-refractivity contribution in [3.63, 3.8) is 0 Å². The van der Waals surface area contributed by atoms with Crippen LogP contribution in [0.1, 0.15) is 43.2 Å². The number of benzene rings is 1. The number of pyridine rings is 1. The lowest BCUT2D eigenvalue weighted by molar-refractivity contribution is 0.0371. The second-order valence-corrected chi connectivity index (χ2v) is 7.59. The number of aryl methyl sites for hydroxylation is 1. The molecule has 1 fully saturated rings. The van der Waals surface area contributed by atoms with Gasteiger partial charge in [0.05, 0.1) is 0 Å². The van der Waals surface area contributed by atoms with Gasteiger partial charge in [0.2, 0.25) is 0 Å². The second kappa shape index (κ2) is 8.09. The van der Waals surface area contributed by atoms with Crippen molar-refractivity contribution in [1.82, 2.24) is 14.8 Å². The molecule has 5 heteroatoms. The molecule has 2 heterocycles. The molecule has 0 bridgehead atoms. The maximum atomic E-state index is 13.1. The van der Waals surface area contributed by atoms with E-state index in [9.17, 15) is 4.79 Å². The average Bonchev–Trinajstić information content (AvgIpc) is 2.66. The summed E-state index contributed by atoms with van der Waals surface area (Å²) in [7, 11) is 0. The van der Waals surface area contributed by atoms with Crippen LogP contribution in [0.5, 0.6) is 0 Å². The number of nitrogen functional groups attached to an aromatic ring is 1. The van der Waals surface area contributed by atoms with Crippen molar-refractivity contribution in [3.05, 3.63) is 47.7 Å². The summed E-state index contributed by atoms with van der Waals surface area (Å²) in [6, 6.07) is 12.5. The van der Waals surface area contributed by atoms with Crippen molar-refractivity contribution in [2.75, 3.05) is 25.4 Å². The van der Waals surface area contributed by atoms with Crippen molar-refractivity contribution in [3.8, 4) is 11.1 Å². The van der Waals surface area contributed by atoms with Crippen LogP contribution in [0.25, 0.3) is 11.1 Å². The first-order valence-corrected chi connectivity index (χ1v) is 9.79. The number of aromatic nitrogens is 1. The zero-order valence-electron chi connectivity index (χ0n) is 16.8. The first kappa shape index (κ1) is 19.4. The molecule has 0 radical (unpaired) electrons. The number of nitrogens with two attached hydrogens (primary N) is 1. The van der Waals surface area contributed by atoms with E-state index in [-0.39, 0.29) is 5.91 Å². The van der Waals surface area contributed by atoms with E-state index in [1.165, 1.54) is 0 Å². The summed E-state index contributed by atoms with van der Waals surface area (Å²) in [6.45, 7) is 11.1. The molecule has 27 heavy (non-hydrogen) atoms. The molecule has 3 rings (SSSR count). The van der Waals surface area contributed by atoms with E-state index in [0.29, 0.717) is 17.9 Å². The summed E-state index contributed by atoms with van der Waals surface area (Å²) in [5.74, 6) is 0.622. The smallest absolute Gasteiger partial charge is 0.253 e. The van der Waals surface area contributed by atoms with E-state index in [0.717, 1.165) is 48.4 Å². The van der Waals surface area contributed by atoms with Gasteiger partial charge in [-0.05, 0) is 57.0 Å². The van der Waals surface area contributed by atoms with E-state index >= 15 is 0 Å². The van der Waals surface area contributed by atoms with Gasteiger partial charge < -0.3 is 10.6 Å². The summed E-state index contributed by atoms with van der Waals surface area (Å²) in [4.78, 5) is 22.0. The van der Waals surface area contributed by atoms with Gasteiger partial charge in [-0.2, -0.15) is 0 Å². The standard InChI is InChI=1S/C22H30N4O/c1-5-19-14-25(11-12-26(19)15(2)3)22(27)18-8-6-7-17(13-18)20-9-10-21(23)24-16(20)4/h6-10,13,15,19H,5,11-12,14H2,1-4H3,(H2,23,24)/t19-/m1/s1. The fourth-order valence-electron chi connectivity index (χ4n) is 3.99. The second-order valence-electron chi connectivity index (χ2n) is 7.59. The lowest BCUT2D eigenvalue weighted by Gasteiger charge is -2.43. The first-order chi connectivity index (χ1) is 12.9. The van der Waals surface area contributed by atoms with Crippen molar-refractivity contribution in [1.29, 1.82) is 0 Å². The molecule has 0 aliphatic carbocycles. The summed E-state index contributed by atoms with van der Waals surface area (Å²) in [6.07, 6.45) is 1.05. The Labute approximate surface area is 162 Å². The average molecular weight is 367 g/mol. The molecule has 1 aromatic carbocycles.